The Morgan fingerprint density at radius 2 is 1.79 bits per heavy atom. The van der Waals surface area contributed by atoms with Crippen LogP contribution in [0.15, 0.2) is 35.3 Å². The number of rotatable bonds is 6. The normalized spacial score (nSPS) is 20.3. The molecule has 2 aliphatic rings. The number of hydrogen-bond donors (Lipinski definition) is 1. The molecule has 0 unspecified atom stereocenters. The molecular formula is C22H38IN5S. The van der Waals surface area contributed by atoms with Gasteiger partial charge in [0.15, 0.2) is 5.96 Å². The maximum Gasteiger partial charge on any atom is 0.193 e. The van der Waals surface area contributed by atoms with Gasteiger partial charge < -0.3 is 15.1 Å². The molecule has 0 radical (unpaired) electrons. The molecule has 0 amide bonds. The second-order valence-electron chi connectivity index (χ2n) is 8.38. The van der Waals surface area contributed by atoms with E-state index in [0.717, 1.165) is 38.7 Å². The number of aliphatic imine (C=N–C) groups is 1. The SMILES string of the molecule is CN=C(NCCCCN1CCN(c2ccccc2)CC1)N1CCSC(C)(C)C1.I. The lowest BCUT2D eigenvalue weighted by Gasteiger charge is -2.39. The van der Waals surface area contributed by atoms with Crippen LogP contribution in [0.3, 0.4) is 0 Å². The summed E-state index contributed by atoms with van der Waals surface area (Å²) >= 11 is 2.07. The van der Waals surface area contributed by atoms with Gasteiger partial charge >= 0.3 is 0 Å². The van der Waals surface area contributed by atoms with Crippen LogP contribution in [0.4, 0.5) is 5.69 Å². The topological polar surface area (TPSA) is 34.1 Å². The Balaban J connectivity index is 0.00000300. The predicted molar refractivity (Wildman–Crippen MR) is 139 cm³/mol. The first-order valence-electron chi connectivity index (χ1n) is 10.7. The zero-order chi connectivity index (χ0) is 19.8. The smallest absolute Gasteiger partial charge is 0.193 e. The van der Waals surface area contributed by atoms with Crippen molar-refractivity contribution in [2.24, 2.45) is 4.99 Å². The molecule has 0 bridgehead atoms. The fraction of sp³-hybridized carbons (Fsp3) is 0.682. The van der Waals surface area contributed by atoms with Gasteiger partial charge in [-0.25, -0.2) is 0 Å². The molecule has 1 aromatic carbocycles. The second kappa shape index (κ2) is 12.2. The number of nitrogens with one attached hydrogen (secondary N) is 1. The number of unbranched alkanes of at least 4 members (excludes halogenated alkanes) is 1. The van der Waals surface area contributed by atoms with Crippen LogP contribution in [0.2, 0.25) is 0 Å². The molecule has 0 saturated carbocycles. The molecule has 0 atom stereocenters. The van der Waals surface area contributed by atoms with Gasteiger partial charge in [0.25, 0.3) is 0 Å². The third-order valence-electron chi connectivity index (χ3n) is 5.61. The van der Waals surface area contributed by atoms with Gasteiger partial charge in [-0.2, -0.15) is 11.8 Å². The van der Waals surface area contributed by atoms with E-state index in [0.29, 0.717) is 4.75 Å². The van der Waals surface area contributed by atoms with Gasteiger partial charge in [0.1, 0.15) is 0 Å². The van der Waals surface area contributed by atoms with Crippen LogP contribution in [0.25, 0.3) is 0 Å². The number of piperazine rings is 1. The third-order valence-corrected chi connectivity index (χ3v) is 6.91. The first-order valence-corrected chi connectivity index (χ1v) is 11.7. The lowest BCUT2D eigenvalue weighted by molar-refractivity contribution is 0.253. The van der Waals surface area contributed by atoms with E-state index in [2.05, 4.69) is 81.0 Å². The number of anilines is 1. The Bertz CT molecular complexity index is 617. The summed E-state index contributed by atoms with van der Waals surface area (Å²) in [6.45, 7) is 13.7. The van der Waals surface area contributed by atoms with Crippen LogP contribution in [0.1, 0.15) is 26.7 Å². The molecule has 1 N–H and O–H groups in total. The summed E-state index contributed by atoms with van der Waals surface area (Å²) in [7, 11) is 1.91. The molecule has 0 aliphatic carbocycles. The fourth-order valence-corrected chi connectivity index (χ4v) is 5.17. The number of hydrogen-bond acceptors (Lipinski definition) is 4. The van der Waals surface area contributed by atoms with E-state index in [9.17, 15) is 0 Å². The van der Waals surface area contributed by atoms with Crippen LogP contribution >= 0.6 is 35.7 Å². The summed E-state index contributed by atoms with van der Waals surface area (Å²) in [4.78, 5) is 12.0. The van der Waals surface area contributed by atoms with Crippen molar-refractivity contribution in [1.29, 1.82) is 0 Å². The standard InChI is InChI=1S/C22H37N5S.HI/c1-22(2)19-27(17-18-28-22)21(23-3)24-11-7-8-12-25-13-15-26(16-14-25)20-9-5-4-6-10-20;/h4-6,9-10H,7-8,11-19H2,1-3H3,(H,23,24);1H. The number of guanidine groups is 1. The molecule has 2 fully saturated rings. The van der Waals surface area contributed by atoms with Crippen molar-refractivity contribution in [3.8, 4) is 0 Å². The molecule has 164 valence electrons. The van der Waals surface area contributed by atoms with Crippen molar-refractivity contribution in [2.45, 2.75) is 31.4 Å². The average molecular weight is 532 g/mol. The van der Waals surface area contributed by atoms with Crippen molar-refractivity contribution in [2.75, 3.05) is 70.1 Å². The molecule has 7 heteroatoms. The fourth-order valence-electron chi connectivity index (χ4n) is 4.06. The van der Waals surface area contributed by atoms with Crippen molar-refractivity contribution < 1.29 is 0 Å². The molecule has 29 heavy (non-hydrogen) atoms. The summed E-state index contributed by atoms with van der Waals surface area (Å²) in [6, 6.07) is 10.8. The van der Waals surface area contributed by atoms with E-state index in [1.165, 1.54) is 43.9 Å². The molecule has 3 rings (SSSR count). The Labute approximate surface area is 198 Å². The number of halogens is 1. The monoisotopic (exact) mass is 531 g/mol. The lowest BCUT2D eigenvalue weighted by atomic mass is 10.2. The minimum atomic E-state index is 0. The number of benzene rings is 1. The molecule has 0 aromatic heterocycles. The highest BCUT2D eigenvalue weighted by Crippen LogP contribution is 2.29. The zero-order valence-electron chi connectivity index (χ0n) is 18.3. The summed E-state index contributed by atoms with van der Waals surface area (Å²) in [5.41, 5.74) is 1.36. The molecule has 2 aliphatic heterocycles. The Kier molecular flexibility index (Phi) is 10.4. The van der Waals surface area contributed by atoms with Gasteiger partial charge in [-0.3, -0.25) is 9.89 Å². The van der Waals surface area contributed by atoms with Crippen LogP contribution in [0, 0.1) is 0 Å². The minimum absolute atomic E-state index is 0. The van der Waals surface area contributed by atoms with E-state index in [1.807, 2.05) is 7.05 Å². The van der Waals surface area contributed by atoms with E-state index >= 15 is 0 Å². The van der Waals surface area contributed by atoms with Crippen LogP contribution in [-0.2, 0) is 0 Å². The second-order valence-corrected chi connectivity index (χ2v) is 10.2. The van der Waals surface area contributed by atoms with E-state index in [4.69, 9.17) is 0 Å². The number of thioether (sulfide) groups is 1. The van der Waals surface area contributed by atoms with Crippen LogP contribution < -0.4 is 10.2 Å². The highest BCUT2D eigenvalue weighted by molar-refractivity contribution is 14.0. The Hall–Kier alpha value is -0.670. The van der Waals surface area contributed by atoms with E-state index < -0.39 is 0 Å². The zero-order valence-corrected chi connectivity index (χ0v) is 21.4. The van der Waals surface area contributed by atoms with Gasteiger partial charge in [-0.1, -0.05) is 18.2 Å². The summed E-state index contributed by atoms with van der Waals surface area (Å²) in [5, 5.41) is 3.58. The van der Waals surface area contributed by atoms with Gasteiger partial charge in [-0.15, -0.1) is 24.0 Å². The summed E-state index contributed by atoms with van der Waals surface area (Å²) < 4.78 is 0.317. The van der Waals surface area contributed by atoms with Gasteiger partial charge in [0, 0.05) is 69.0 Å². The highest BCUT2D eigenvalue weighted by Gasteiger charge is 2.28. The molecular weight excluding hydrogens is 493 g/mol. The van der Waals surface area contributed by atoms with E-state index in [1.54, 1.807) is 0 Å². The van der Waals surface area contributed by atoms with Crippen molar-refractivity contribution in [3.05, 3.63) is 30.3 Å². The van der Waals surface area contributed by atoms with E-state index in [-0.39, 0.29) is 24.0 Å². The maximum atomic E-state index is 4.51. The summed E-state index contributed by atoms with van der Waals surface area (Å²) in [5.74, 6) is 2.26. The van der Waals surface area contributed by atoms with Gasteiger partial charge in [-0.05, 0) is 45.4 Å². The quantitative estimate of drug-likeness (QED) is 0.263. The maximum absolute atomic E-state index is 4.51. The molecule has 5 nitrogen and oxygen atoms in total. The van der Waals surface area contributed by atoms with Crippen LogP contribution in [-0.4, -0.2) is 85.7 Å². The van der Waals surface area contributed by atoms with Crippen molar-refractivity contribution >= 4 is 47.4 Å². The molecule has 2 saturated heterocycles. The predicted octanol–water partition coefficient (Wildman–Crippen LogP) is 3.61. The molecule has 2 heterocycles. The number of para-hydroxylation sites is 1. The lowest BCUT2D eigenvalue weighted by Crippen LogP contribution is -2.51. The van der Waals surface area contributed by atoms with Gasteiger partial charge in [0.05, 0.1) is 0 Å². The molecule has 0 spiro atoms. The average Bonchev–Trinajstić information content (AvgIpc) is 2.71. The third kappa shape index (κ3) is 7.83. The summed E-state index contributed by atoms with van der Waals surface area (Å²) in [6.07, 6.45) is 2.45. The largest absolute Gasteiger partial charge is 0.369 e. The molecule has 1 aromatic rings. The highest BCUT2D eigenvalue weighted by atomic mass is 127. The van der Waals surface area contributed by atoms with Crippen molar-refractivity contribution in [3.63, 3.8) is 0 Å². The number of nitrogens with zero attached hydrogens (tertiary/aromatic N) is 4. The van der Waals surface area contributed by atoms with Crippen LogP contribution in [0.5, 0.6) is 0 Å². The first-order chi connectivity index (χ1) is 13.6. The Morgan fingerprint density at radius 3 is 2.45 bits per heavy atom. The first kappa shape index (κ1) is 24.6. The minimum Gasteiger partial charge on any atom is -0.369 e. The van der Waals surface area contributed by atoms with Gasteiger partial charge in [0.2, 0.25) is 0 Å². The van der Waals surface area contributed by atoms with Crippen molar-refractivity contribution in [1.82, 2.24) is 15.1 Å². The Morgan fingerprint density at radius 1 is 1.07 bits per heavy atom.